The number of hydrogen-bond donors (Lipinski definition) is 1. The third kappa shape index (κ3) is 3.24. The van der Waals surface area contributed by atoms with Crippen LogP contribution in [0.2, 0.25) is 0 Å². The van der Waals surface area contributed by atoms with Gasteiger partial charge in [-0.3, -0.25) is 0 Å². The molecule has 3 rings (SSSR count). The molecule has 0 saturated heterocycles. The number of nitrogens with one attached hydrogen (secondary N) is 1. The normalized spacial score (nSPS) is 22.3. The lowest BCUT2D eigenvalue weighted by Crippen LogP contribution is -2.23. The number of nitrogens with zero attached hydrogens (tertiary/aromatic N) is 1. The van der Waals surface area contributed by atoms with Crippen LogP contribution >= 0.6 is 0 Å². The Bertz CT molecular complexity index is 697. The van der Waals surface area contributed by atoms with Gasteiger partial charge in [-0.2, -0.15) is 18.4 Å². The van der Waals surface area contributed by atoms with Gasteiger partial charge in [0, 0.05) is 0 Å². The van der Waals surface area contributed by atoms with Crippen LogP contribution in [0.5, 0.6) is 0 Å². The Morgan fingerprint density at radius 3 is 2.36 bits per heavy atom. The highest BCUT2D eigenvalue weighted by Gasteiger charge is 2.33. The third-order valence-electron chi connectivity index (χ3n) is 4.75. The molecule has 5 heteroatoms. The number of benzene rings is 1. The van der Waals surface area contributed by atoms with Crippen molar-refractivity contribution in [3.05, 3.63) is 42.0 Å². The van der Waals surface area contributed by atoms with Crippen molar-refractivity contribution in [3.63, 3.8) is 0 Å². The van der Waals surface area contributed by atoms with E-state index in [-0.39, 0.29) is 4.90 Å². The number of aryl methyl sites for hydroxylation is 1. The van der Waals surface area contributed by atoms with Crippen molar-refractivity contribution in [2.24, 2.45) is 10.5 Å². The standard InChI is InChI=1S/C17H22N2O2S/c1-14-4-6-16(7-5-14)22(20,21)19-18-15-8-12-17(13-9-15)10-2-3-11-17/h4-8,12,19H,2-3,9-11,13H2,1H3/b18-15-. The van der Waals surface area contributed by atoms with Crippen molar-refractivity contribution in [2.45, 2.75) is 50.3 Å². The van der Waals surface area contributed by atoms with Gasteiger partial charge in [-0.05, 0) is 56.2 Å². The molecule has 1 fully saturated rings. The van der Waals surface area contributed by atoms with E-state index >= 15 is 0 Å². The highest BCUT2D eigenvalue weighted by molar-refractivity contribution is 7.89. The number of hydrogen-bond acceptors (Lipinski definition) is 3. The van der Waals surface area contributed by atoms with Crippen LogP contribution in [0.4, 0.5) is 0 Å². The second kappa shape index (κ2) is 5.88. The minimum absolute atomic E-state index is 0.245. The van der Waals surface area contributed by atoms with Crippen LogP contribution in [0.3, 0.4) is 0 Å². The molecule has 0 aliphatic heterocycles. The van der Waals surface area contributed by atoms with Crippen molar-refractivity contribution in [1.29, 1.82) is 0 Å². The molecule has 0 unspecified atom stereocenters. The van der Waals surface area contributed by atoms with Crippen LogP contribution in [-0.2, 0) is 10.0 Å². The maximum atomic E-state index is 12.2. The Morgan fingerprint density at radius 1 is 1.09 bits per heavy atom. The summed E-state index contributed by atoms with van der Waals surface area (Å²) in [6.07, 6.45) is 11.3. The zero-order valence-corrected chi connectivity index (χ0v) is 13.7. The summed E-state index contributed by atoms with van der Waals surface area (Å²) in [4.78, 5) is 2.60. The molecule has 4 nitrogen and oxygen atoms in total. The van der Waals surface area contributed by atoms with Gasteiger partial charge in [-0.15, -0.1) is 0 Å². The molecule has 1 spiro atoms. The van der Waals surface area contributed by atoms with Crippen molar-refractivity contribution >= 4 is 15.7 Å². The van der Waals surface area contributed by atoms with E-state index in [4.69, 9.17) is 0 Å². The molecular formula is C17H22N2O2S. The van der Waals surface area contributed by atoms with E-state index in [2.05, 4.69) is 16.0 Å². The molecule has 1 N–H and O–H groups in total. The predicted octanol–water partition coefficient (Wildman–Crippen LogP) is 3.54. The number of hydrazone groups is 1. The van der Waals surface area contributed by atoms with E-state index in [1.807, 2.05) is 13.0 Å². The minimum atomic E-state index is -3.58. The zero-order valence-electron chi connectivity index (χ0n) is 12.9. The molecule has 1 aromatic carbocycles. The maximum Gasteiger partial charge on any atom is 0.276 e. The van der Waals surface area contributed by atoms with Gasteiger partial charge < -0.3 is 0 Å². The topological polar surface area (TPSA) is 58.5 Å². The lowest BCUT2D eigenvalue weighted by molar-refractivity contribution is 0.365. The molecule has 2 aliphatic carbocycles. The quantitative estimate of drug-likeness (QED) is 0.867. The summed E-state index contributed by atoms with van der Waals surface area (Å²) in [6.45, 7) is 1.93. The SMILES string of the molecule is Cc1ccc(S(=O)(=O)N/N=C2/C=CC3(CCCC3)CC2)cc1. The molecule has 0 amide bonds. The first kappa shape index (κ1) is 15.3. The summed E-state index contributed by atoms with van der Waals surface area (Å²) in [5.74, 6) is 0. The lowest BCUT2D eigenvalue weighted by Gasteiger charge is -2.28. The van der Waals surface area contributed by atoms with Crippen molar-refractivity contribution in [2.75, 3.05) is 0 Å². The molecule has 2 aliphatic rings. The van der Waals surface area contributed by atoms with Gasteiger partial charge in [0.2, 0.25) is 0 Å². The fourth-order valence-corrected chi connectivity index (χ4v) is 4.13. The Morgan fingerprint density at radius 2 is 1.77 bits per heavy atom. The van der Waals surface area contributed by atoms with Crippen LogP contribution in [0.15, 0.2) is 46.4 Å². The molecule has 118 valence electrons. The van der Waals surface area contributed by atoms with E-state index in [1.54, 1.807) is 24.3 Å². The average Bonchev–Trinajstić information content (AvgIpc) is 2.96. The van der Waals surface area contributed by atoms with Crippen molar-refractivity contribution in [3.8, 4) is 0 Å². The first-order chi connectivity index (χ1) is 10.5. The third-order valence-corrected chi connectivity index (χ3v) is 5.97. The highest BCUT2D eigenvalue weighted by atomic mass is 32.2. The van der Waals surface area contributed by atoms with E-state index in [0.29, 0.717) is 5.41 Å². The Hall–Kier alpha value is -1.62. The summed E-state index contributed by atoms with van der Waals surface area (Å²) in [5, 5.41) is 4.10. The average molecular weight is 318 g/mol. The molecule has 0 radical (unpaired) electrons. The van der Waals surface area contributed by atoms with Crippen LogP contribution in [0, 0.1) is 12.3 Å². The second-order valence-electron chi connectivity index (χ2n) is 6.41. The minimum Gasteiger partial charge on any atom is -0.200 e. The molecule has 1 aromatic rings. The Balaban J connectivity index is 1.70. The monoisotopic (exact) mass is 318 g/mol. The van der Waals surface area contributed by atoms with Crippen molar-refractivity contribution < 1.29 is 8.42 Å². The van der Waals surface area contributed by atoms with Gasteiger partial charge in [-0.25, -0.2) is 0 Å². The summed E-state index contributed by atoms with van der Waals surface area (Å²) >= 11 is 0. The van der Waals surface area contributed by atoms with Crippen LogP contribution < -0.4 is 4.83 Å². The molecule has 1 saturated carbocycles. The zero-order chi connectivity index (χ0) is 15.6. The largest absolute Gasteiger partial charge is 0.276 e. The lowest BCUT2D eigenvalue weighted by atomic mass is 9.77. The van der Waals surface area contributed by atoms with Gasteiger partial charge >= 0.3 is 0 Å². The van der Waals surface area contributed by atoms with E-state index < -0.39 is 10.0 Å². The number of sulfonamides is 1. The maximum absolute atomic E-state index is 12.2. The predicted molar refractivity (Wildman–Crippen MR) is 88.2 cm³/mol. The highest BCUT2D eigenvalue weighted by Crippen LogP contribution is 2.45. The summed E-state index contributed by atoms with van der Waals surface area (Å²) < 4.78 is 24.4. The van der Waals surface area contributed by atoms with E-state index in [0.717, 1.165) is 24.1 Å². The van der Waals surface area contributed by atoms with Crippen LogP contribution in [0.1, 0.15) is 44.1 Å². The van der Waals surface area contributed by atoms with Gasteiger partial charge in [-0.1, -0.05) is 36.6 Å². The Labute approximate surface area is 132 Å². The fourth-order valence-electron chi connectivity index (χ4n) is 3.29. The molecule has 22 heavy (non-hydrogen) atoms. The van der Waals surface area contributed by atoms with Crippen LogP contribution in [0.25, 0.3) is 0 Å². The molecular weight excluding hydrogens is 296 g/mol. The van der Waals surface area contributed by atoms with Gasteiger partial charge in [0.25, 0.3) is 10.0 Å². The Kier molecular flexibility index (Phi) is 4.08. The van der Waals surface area contributed by atoms with Gasteiger partial charge in [0.15, 0.2) is 0 Å². The van der Waals surface area contributed by atoms with Gasteiger partial charge in [0.05, 0.1) is 10.6 Å². The molecule has 0 aromatic heterocycles. The molecule has 0 bridgehead atoms. The smallest absolute Gasteiger partial charge is 0.200 e. The summed E-state index contributed by atoms with van der Waals surface area (Å²) in [5.41, 5.74) is 2.20. The second-order valence-corrected chi connectivity index (χ2v) is 8.07. The first-order valence-electron chi connectivity index (χ1n) is 7.84. The fraction of sp³-hybridized carbons (Fsp3) is 0.471. The van der Waals surface area contributed by atoms with Gasteiger partial charge in [0.1, 0.15) is 0 Å². The van der Waals surface area contributed by atoms with E-state index in [9.17, 15) is 8.42 Å². The van der Waals surface area contributed by atoms with E-state index in [1.165, 1.54) is 25.7 Å². The number of rotatable bonds is 3. The first-order valence-corrected chi connectivity index (χ1v) is 9.32. The summed E-state index contributed by atoms with van der Waals surface area (Å²) in [6, 6.07) is 6.77. The molecule has 0 atom stereocenters. The van der Waals surface area contributed by atoms with Crippen molar-refractivity contribution in [1.82, 2.24) is 4.83 Å². The van der Waals surface area contributed by atoms with Crippen LogP contribution in [-0.4, -0.2) is 14.1 Å². The number of allylic oxidation sites excluding steroid dienone is 2. The summed E-state index contributed by atoms with van der Waals surface area (Å²) in [7, 11) is -3.58. The molecule has 0 heterocycles.